The minimum absolute atomic E-state index is 0.160. The number of benzene rings is 1. The van der Waals surface area contributed by atoms with Gasteiger partial charge in [0.25, 0.3) is 5.91 Å². The molecule has 5 nitrogen and oxygen atoms in total. The van der Waals surface area contributed by atoms with Gasteiger partial charge in [-0.15, -0.1) is 0 Å². The Bertz CT molecular complexity index is 632. The van der Waals surface area contributed by atoms with Crippen LogP contribution in [0.1, 0.15) is 27.4 Å². The van der Waals surface area contributed by atoms with Gasteiger partial charge < -0.3 is 10.3 Å². The largest absolute Gasteiger partial charge is 0.338 e. The standard InChI is InChI=1S/C14H16N4O/c1-9-15-6-13(16-9)14(19)17-12-4-3-10-7-18(2)8-11(10)5-12/h3-6H,7-8H2,1-2H3,(H,15,16)(H,17,19). The van der Waals surface area contributed by atoms with Crippen LogP contribution in [0.5, 0.6) is 0 Å². The maximum Gasteiger partial charge on any atom is 0.273 e. The van der Waals surface area contributed by atoms with Crippen molar-refractivity contribution in [2.75, 3.05) is 12.4 Å². The lowest BCUT2D eigenvalue weighted by molar-refractivity contribution is 0.102. The molecule has 0 aliphatic carbocycles. The van der Waals surface area contributed by atoms with E-state index in [1.165, 1.54) is 11.1 Å². The van der Waals surface area contributed by atoms with Gasteiger partial charge in [0.1, 0.15) is 11.5 Å². The molecule has 2 heterocycles. The zero-order valence-electron chi connectivity index (χ0n) is 11.0. The summed E-state index contributed by atoms with van der Waals surface area (Å²) in [5.41, 5.74) is 3.92. The molecule has 98 valence electrons. The highest BCUT2D eigenvalue weighted by Crippen LogP contribution is 2.24. The molecule has 0 saturated carbocycles. The number of aromatic amines is 1. The van der Waals surface area contributed by atoms with Crippen molar-refractivity contribution in [2.24, 2.45) is 0 Å². The van der Waals surface area contributed by atoms with Gasteiger partial charge in [0.05, 0.1) is 6.20 Å². The molecule has 0 atom stereocenters. The van der Waals surface area contributed by atoms with Crippen LogP contribution in [-0.4, -0.2) is 27.8 Å². The van der Waals surface area contributed by atoms with E-state index in [1.807, 2.05) is 19.1 Å². The fourth-order valence-electron chi connectivity index (χ4n) is 2.38. The molecule has 0 saturated heterocycles. The first-order valence-corrected chi connectivity index (χ1v) is 6.25. The number of imidazole rings is 1. The van der Waals surface area contributed by atoms with Crippen LogP contribution in [0, 0.1) is 6.92 Å². The Balaban J connectivity index is 1.77. The third-order valence-corrected chi connectivity index (χ3v) is 3.29. The van der Waals surface area contributed by atoms with Gasteiger partial charge >= 0.3 is 0 Å². The van der Waals surface area contributed by atoms with Gasteiger partial charge in [0.15, 0.2) is 0 Å². The van der Waals surface area contributed by atoms with Crippen LogP contribution in [0.3, 0.4) is 0 Å². The van der Waals surface area contributed by atoms with E-state index in [2.05, 4.69) is 33.3 Å². The van der Waals surface area contributed by atoms with Gasteiger partial charge in [-0.3, -0.25) is 9.69 Å². The first-order valence-electron chi connectivity index (χ1n) is 6.25. The lowest BCUT2D eigenvalue weighted by atomic mass is 10.1. The Hall–Kier alpha value is -2.14. The molecule has 5 heteroatoms. The van der Waals surface area contributed by atoms with Crippen LogP contribution in [0.4, 0.5) is 5.69 Å². The van der Waals surface area contributed by atoms with Gasteiger partial charge in [-0.25, -0.2) is 4.98 Å². The van der Waals surface area contributed by atoms with E-state index in [9.17, 15) is 4.79 Å². The summed E-state index contributed by atoms with van der Waals surface area (Å²) < 4.78 is 0. The molecule has 0 unspecified atom stereocenters. The lowest BCUT2D eigenvalue weighted by Gasteiger charge is -2.05. The van der Waals surface area contributed by atoms with Crippen molar-refractivity contribution < 1.29 is 4.79 Å². The molecule has 0 radical (unpaired) electrons. The molecule has 0 bridgehead atoms. The lowest BCUT2D eigenvalue weighted by Crippen LogP contribution is -2.12. The predicted molar refractivity (Wildman–Crippen MR) is 72.9 cm³/mol. The third kappa shape index (κ3) is 2.37. The number of aryl methyl sites for hydroxylation is 1. The van der Waals surface area contributed by atoms with Crippen molar-refractivity contribution in [3.05, 3.63) is 47.0 Å². The van der Waals surface area contributed by atoms with Gasteiger partial charge in [-0.2, -0.15) is 0 Å². The summed E-state index contributed by atoms with van der Waals surface area (Å²) >= 11 is 0. The minimum Gasteiger partial charge on any atom is -0.338 e. The maximum absolute atomic E-state index is 12.0. The van der Waals surface area contributed by atoms with E-state index in [1.54, 1.807) is 6.20 Å². The fraction of sp³-hybridized carbons (Fsp3) is 0.286. The average Bonchev–Trinajstić information content (AvgIpc) is 2.93. The zero-order valence-corrected chi connectivity index (χ0v) is 11.0. The Morgan fingerprint density at radius 2 is 2.16 bits per heavy atom. The summed E-state index contributed by atoms with van der Waals surface area (Å²) in [7, 11) is 2.09. The number of hydrogen-bond donors (Lipinski definition) is 2. The Morgan fingerprint density at radius 1 is 1.37 bits per heavy atom. The smallest absolute Gasteiger partial charge is 0.273 e. The number of fused-ring (bicyclic) bond motifs is 1. The van der Waals surface area contributed by atoms with Crippen LogP contribution in [0.2, 0.25) is 0 Å². The summed E-state index contributed by atoms with van der Waals surface area (Å²) in [6, 6.07) is 6.06. The molecule has 19 heavy (non-hydrogen) atoms. The summed E-state index contributed by atoms with van der Waals surface area (Å²) in [6.45, 7) is 3.73. The van der Waals surface area contributed by atoms with E-state index in [4.69, 9.17) is 0 Å². The number of carbonyl (C=O) groups excluding carboxylic acids is 1. The van der Waals surface area contributed by atoms with Crippen LogP contribution in [-0.2, 0) is 13.1 Å². The topological polar surface area (TPSA) is 61.0 Å². The van der Waals surface area contributed by atoms with Gasteiger partial charge in [-0.05, 0) is 37.2 Å². The average molecular weight is 256 g/mol. The number of H-pyrrole nitrogens is 1. The molecular weight excluding hydrogens is 240 g/mol. The van der Waals surface area contributed by atoms with E-state index >= 15 is 0 Å². The predicted octanol–water partition coefficient (Wildman–Crippen LogP) is 1.92. The third-order valence-electron chi connectivity index (χ3n) is 3.29. The number of amides is 1. The van der Waals surface area contributed by atoms with Crippen LogP contribution in [0.15, 0.2) is 24.4 Å². The Kier molecular flexibility index (Phi) is 2.83. The first kappa shape index (κ1) is 11.9. The van der Waals surface area contributed by atoms with Gasteiger partial charge in [0.2, 0.25) is 0 Å². The van der Waals surface area contributed by atoms with Crippen molar-refractivity contribution in [1.29, 1.82) is 0 Å². The second kappa shape index (κ2) is 4.51. The fourth-order valence-corrected chi connectivity index (χ4v) is 2.38. The highest BCUT2D eigenvalue weighted by molar-refractivity contribution is 6.02. The first-order chi connectivity index (χ1) is 9.11. The molecule has 1 amide bonds. The monoisotopic (exact) mass is 256 g/mol. The quantitative estimate of drug-likeness (QED) is 0.863. The molecule has 1 aliphatic heterocycles. The Labute approximate surface area is 111 Å². The summed E-state index contributed by atoms with van der Waals surface area (Å²) in [6.07, 6.45) is 1.55. The van der Waals surface area contributed by atoms with E-state index in [0.717, 1.165) is 24.6 Å². The Morgan fingerprint density at radius 3 is 2.89 bits per heavy atom. The van der Waals surface area contributed by atoms with E-state index < -0.39 is 0 Å². The number of aromatic nitrogens is 2. The summed E-state index contributed by atoms with van der Waals surface area (Å²) in [4.78, 5) is 21.2. The number of rotatable bonds is 2. The molecule has 1 aromatic carbocycles. The molecule has 0 fully saturated rings. The number of nitrogens with zero attached hydrogens (tertiary/aromatic N) is 2. The van der Waals surface area contributed by atoms with Crippen molar-refractivity contribution >= 4 is 11.6 Å². The van der Waals surface area contributed by atoms with Crippen LogP contribution in [0.25, 0.3) is 0 Å². The normalized spacial score (nSPS) is 14.4. The van der Waals surface area contributed by atoms with Gasteiger partial charge in [0, 0.05) is 18.8 Å². The van der Waals surface area contributed by atoms with E-state index in [0.29, 0.717) is 5.69 Å². The SMILES string of the molecule is Cc1ncc(C(=O)Nc2ccc3c(c2)CN(C)C3)[nH]1. The van der Waals surface area contributed by atoms with Gasteiger partial charge in [-0.1, -0.05) is 6.07 Å². The second-order valence-electron chi connectivity index (χ2n) is 4.99. The number of nitrogens with one attached hydrogen (secondary N) is 2. The maximum atomic E-state index is 12.0. The van der Waals surface area contributed by atoms with Crippen molar-refractivity contribution in [2.45, 2.75) is 20.0 Å². The molecule has 2 aromatic rings. The molecule has 1 aromatic heterocycles. The number of carbonyl (C=O) groups is 1. The van der Waals surface area contributed by atoms with Crippen molar-refractivity contribution in [1.82, 2.24) is 14.9 Å². The van der Waals surface area contributed by atoms with Crippen LogP contribution < -0.4 is 5.32 Å². The van der Waals surface area contributed by atoms with Crippen molar-refractivity contribution in [3.8, 4) is 0 Å². The number of anilines is 1. The van der Waals surface area contributed by atoms with Crippen LogP contribution >= 0.6 is 0 Å². The van der Waals surface area contributed by atoms with Crippen molar-refractivity contribution in [3.63, 3.8) is 0 Å². The highest BCUT2D eigenvalue weighted by atomic mass is 16.1. The summed E-state index contributed by atoms with van der Waals surface area (Å²) in [5, 5.41) is 2.89. The van der Waals surface area contributed by atoms with E-state index in [-0.39, 0.29) is 5.91 Å². The second-order valence-corrected chi connectivity index (χ2v) is 4.99. The zero-order chi connectivity index (χ0) is 13.4. The summed E-state index contributed by atoms with van der Waals surface area (Å²) in [5.74, 6) is 0.577. The molecule has 1 aliphatic rings. The molecular formula is C14H16N4O. The molecule has 3 rings (SSSR count). The number of hydrogen-bond acceptors (Lipinski definition) is 3. The molecule has 0 spiro atoms. The highest BCUT2D eigenvalue weighted by Gasteiger charge is 2.16. The molecule has 2 N–H and O–H groups in total. The minimum atomic E-state index is -0.160.